The molecule has 0 saturated carbocycles. The summed E-state index contributed by atoms with van der Waals surface area (Å²) in [6.45, 7) is 0.742. The smallest absolute Gasteiger partial charge is 0.325 e. The van der Waals surface area contributed by atoms with Gasteiger partial charge in [0.2, 0.25) is 0 Å². The van der Waals surface area contributed by atoms with Crippen molar-refractivity contribution in [2.45, 2.75) is 0 Å². The lowest BCUT2D eigenvalue weighted by atomic mass is 10.3. The van der Waals surface area contributed by atoms with Gasteiger partial charge in [-0.25, -0.2) is 0 Å². The van der Waals surface area contributed by atoms with Crippen LogP contribution in [0.3, 0.4) is 0 Å². The first-order valence-corrected chi connectivity index (χ1v) is 4.90. The van der Waals surface area contributed by atoms with Gasteiger partial charge in [0.25, 0.3) is 0 Å². The van der Waals surface area contributed by atoms with Crippen LogP contribution >= 0.6 is 0 Å². The molecule has 0 saturated heterocycles. The Labute approximate surface area is 94.0 Å². The summed E-state index contributed by atoms with van der Waals surface area (Å²) >= 11 is 0. The van der Waals surface area contributed by atoms with E-state index in [1.807, 2.05) is 0 Å². The van der Waals surface area contributed by atoms with Gasteiger partial charge in [-0.2, -0.15) is 0 Å². The van der Waals surface area contributed by atoms with Crippen LogP contribution in [0.1, 0.15) is 0 Å². The van der Waals surface area contributed by atoms with Crippen molar-refractivity contribution in [3.05, 3.63) is 24.3 Å². The van der Waals surface area contributed by atoms with E-state index in [2.05, 4.69) is 5.32 Å². The molecule has 0 aromatic heterocycles. The van der Waals surface area contributed by atoms with E-state index in [9.17, 15) is 4.79 Å². The standard InChI is InChI=1S/C11H15NO4/c1-15-6-7-16-11(14)8-12-9-2-4-10(13)5-3-9/h2-5,12-13H,6-8H2,1H3. The Hall–Kier alpha value is -1.75. The number of benzene rings is 1. The van der Waals surface area contributed by atoms with Crippen LogP contribution in [0.15, 0.2) is 24.3 Å². The molecule has 0 spiro atoms. The molecule has 0 aliphatic heterocycles. The molecule has 0 aliphatic carbocycles. The quantitative estimate of drug-likeness (QED) is 0.429. The number of esters is 1. The van der Waals surface area contributed by atoms with E-state index in [-0.39, 0.29) is 24.9 Å². The second kappa shape index (κ2) is 6.68. The second-order valence-electron chi connectivity index (χ2n) is 3.11. The third-order valence-electron chi connectivity index (χ3n) is 1.85. The maximum atomic E-state index is 11.2. The molecule has 88 valence electrons. The van der Waals surface area contributed by atoms with Crippen LogP contribution in [0.25, 0.3) is 0 Å². The Kier molecular flexibility index (Phi) is 5.15. The maximum absolute atomic E-state index is 11.2. The Morgan fingerprint density at radius 2 is 2.00 bits per heavy atom. The van der Waals surface area contributed by atoms with E-state index < -0.39 is 0 Å². The minimum atomic E-state index is -0.342. The van der Waals surface area contributed by atoms with E-state index in [4.69, 9.17) is 14.6 Å². The van der Waals surface area contributed by atoms with Crippen molar-refractivity contribution in [1.29, 1.82) is 0 Å². The molecule has 0 bridgehead atoms. The van der Waals surface area contributed by atoms with Crippen molar-refractivity contribution in [3.63, 3.8) is 0 Å². The van der Waals surface area contributed by atoms with Crippen molar-refractivity contribution >= 4 is 11.7 Å². The number of methoxy groups -OCH3 is 1. The van der Waals surface area contributed by atoms with Crippen LogP contribution < -0.4 is 5.32 Å². The lowest BCUT2D eigenvalue weighted by Crippen LogP contribution is -2.18. The molecule has 0 amide bonds. The third-order valence-corrected chi connectivity index (χ3v) is 1.85. The predicted octanol–water partition coefficient (Wildman–Crippen LogP) is 0.994. The van der Waals surface area contributed by atoms with Crippen LogP contribution in [0.5, 0.6) is 5.75 Å². The fourth-order valence-corrected chi connectivity index (χ4v) is 1.04. The highest BCUT2D eigenvalue weighted by Crippen LogP contribution is 2.13. The summed E-state index contributed by atoms with van der Waals surface area (Å²) in [6, 6.07) is 6.44. The molecule has 0 aliphatic rings. The molecule has 0 atom stereocenters. The fourth-order valence-electron chi connectivity index (χ4n) is 1.04. The summed E-state index contributed by atoms with van der Waals surface area (Å²) in [7, 11) is 1.54. The summed E-state index contributed by atoms with van der Waals surface area (Å²) in [5, 5.41) is 11.9. The number of phenolic OH excluding ortho intramolecular Hbond substituents is 1. The maximum Gasteiger partial charge on any atom is 0.325 e. The second-order valence-corrected chi connectivity index (χ2v) is 3.11. The molecule has 5 nitrogen and oxygen atoms in total. The van der Waals surface area contributed by atoms with Crippen LogP contribution in [0, 0.1) is 0 Å². The number of aromatic hydroxyl groups is 1. The van der Waals surface area contributed by atoms with Crippen LogP contribution in [-0.2, 0) is 14.3 Å². The minimum absolute atomic E-state index is 0.0918. The number of phenols is 1. The van der Waals surface area contributed by atoms with E-state index in [1.54, 1.807) is 31.4 Å². The van der Waals surface area contributed by atoms with Crippen molar-refractivity contribution in [1.82, 2.24) is 0 Å². The molecule has 0 heterocycles. The first-order chi connectivity index (χ1) is 7.72. The van der Waals surface area contributed by atoms with E-state index in [0.717, 1.165) is 5.69 Å². The minimum Gasteiger partial charge on any atom is -0.508 e. The van der Waals surface area contributed by atoms with Gasteiger partial charge in [-0.1, -0.05) is 0 Å². The number of anilines is 1. The van der Waals surface area contributed by atoms with Crippen molar-refractivity contribution in [3.8, 4) is 5.75 Å². The predicted molar refractivity (Wildman–Crippen MR) is 59.4 cm³/mol. The highest BCUT2D eigenvalue weighted by molar-refractivity contribution is 5.74. The van der Waals surface area contributed by atoms with Crippen LogP contribution in [-0.4, -0.2) is 37.9 Å². The summed E-state index contributed by atoms with van der Waals surface area (Å²) in [5.74, 6) is -0.154. The Balaban J connectivity index is 2.23. The van der Waals surface area contributed by atoms with Gasteiger partial charge < -0.3 is 19.9 Å². The van der Waals surface area contributed by atoms with Crippen molar-refractivity contribution in [2.24, 2.45) is 0 Å². The van der Waals surface area contributed by atoms with Gasteiger partial charge >= 0.3 is 5.97 Å². The molecular weight excluding hydrogens is 210 g/mol. The number of nitrogens with one attached hydrogen (secondary N) is 1. The van der Waals surface area contributed by atoms with Gasteiger partial charge in [-0.3, -0.25) is 4.79 Å². The highest BCUT2D eigenvalue weighted by atomic mass is 16.6. The lowest BCUT2D eigenvalue weighted by Gasteiger charge is -2.06. The summed E-state index contributed by atoms with van der Waals surface area (Å²) in [6.07, 6.45) is 0. The van der Waals surface area contributed by atoms with Crippen molar-refractivity contribution in [2.75, 3.05) is 32.2 Å². The normalized spacial score (nSPS) is 9.81. The molecule has 2 N–H and O–H groups in total. The summed E-state index contributed by atoms with van der Waals surface area (Å²) in [5.41, 5.74) is 0.751. The summed E-state index contributed by atoms with van der Waals surface area (Å²) in [4.78, 5) is 11.2. The number of carbonyl (C=O) groups is 1. The summed E-state index contributed by atoms with van der Waals surface area (Å²) < 4.78 is 9.59. The van der Waals surface area contributed by atoms with Crippen molar-refractivity contribution < 1.29 is 19.4 Å². The average molecular weight is 225 g/mol. The molecule has 1 aromatic carbocycles. The highest BCUT2D eigenvalue weighted by Gasteiger charge is 2.01. The largest absolute Gasteiger partial charge is 0.508 e. The molecular formula is C11H15NO4. The molecule has 1 aromatic rings. The number of rotatable bonds is 6. The topological polar surface area (TPSA) is 67.8 Å². The molecule has 5 heteroatoms. The monoisotopic (exact) mass is 225 g/mol. The fraction of sp³-hybridized carbons (Fsp3) is 0.364. The zero-order chi connectivity index (χ0) is 11.8. The number of carbonyl (C=O) groups excluding carboxylic acids is 1. The first-order valence-electron chi connectivity index (χ1n) is 4.90. The van der Waals surface area contributed by atoms with Gasteiger partial charge in [-0.05, 0) is 24.3 Å². The van der Waals surface area contributed by atoms with Gasteiger partial charge in [0.1, 0.15) is 18.9 Å². The first kappa shape index (κ1) is 12.3. The number of hydrogen-bond acceptors (Lipinski definition) is 5. The Bertz CT molecular complexity index is 323. The van der Waals surface area contributed by atoms with E-state index in [0.29, 0.717) is 6.61 Å². The zero-order valence-corrected chi connectivity index (χ0v) is 9.10. The van der Waals surface area contributed by atoms with Gasteiger partial charge in [-0.15, -0.1) is 0 Å². The Morgan fingerprint density at radius 3 is 2.62 bits per heavy atom. The zero-order valence-electron chi connectivity index (χ0n) is 9.10. The van der Waals surface area contributed by atoms with E-state index in [1.165, 1.54) is 0 Å². The lowest BCUT2D eigenvalue weighted by molar-refractivity contribution is -0.142. The van der Waals surface area contributed by atoms with Gasteiger partial charge in [0, 0.05) is 12.8 Å². The number of ether oxygens (including phenoxy) is 2. The SMILES string of the molecule is COCCOC(=O)CNc1ccc(O)cc1. The van der Waals surface area contributed by atoms with Gasteiger partial charge in [0.15, 0.2) is 0 Å². The molecule has 0 fully saturated rings. The molecule has 0 radical (unpaired) electrons. The van der Waals surface area contributed by atoms with Crippen LogP contribution in [0.2, 0.25) is 0 Å². The molecule has 0 unspecified atom stereocenters. The van der Waals surface area contributed by atoms with Gasteiger partial charge in [0.05, 0.1) is 6.61 Å². The number of hydrogen-bond donors (Lipinski definition) is 2. The van der Waals surface area contributed by atoms with E-state index >= 15 is 0 Å². The molecule has 1 rings (SSSR count). The van der Waals surface area contributed by atoms with Crippen LogP contribution in [0.4, 0.5) is 5.69 Å². The Morgan fingerprint density at radius 1 is 1.31 bits per heavy atom. The molecule has 16 heavy (non-hydrogen) atoms. The third kappa shape index (κ3) is 4.65. The average Bonchev–Trinajstić information content (AvgIpc) is 2.29.